The van der Waals surface area contributed by atoms with E-state index in [-0.39, 0.29) is 12.3 Å². The molecule has 160 valence electrons. The van der Waals surface area contributed by atoms with E-state index in [9.17, 15) is 10.1 Å². The van der Waals surface area contributed by atoms with E-state index in [1.165, 1.54) is 12.1 Å². The quantitative estimate of drug-likeness (QED) is 0.205. The maximum atomic E-state index is 10.5. The zero-order valence-electron chi connectivity index (χ0n) is 16.0. The predicted molar refractivity (Wildman–Crippen MR) is 99.8 cm³/mol. The van der Waals surface area contributed by atoms with Gasteiger partial charge in [0.15, 0.2) is 0 Å². The van der Waals surface area contributed by atoms with Crippen LogP contribution in [0, 0.1) is 10.1 Å². The average Bonchev–Trinajstić information content (AvgIpc) is 2.70. The third-order valence-corrected chi connectivity index (χ3v) is 3.27. The summed E-state index contributed by atoms with van der Waals surface area (Å²) >= 11 is 0. The van der Waals surface area contributed by atoms with E-state index < -0.39 is 4.92 Å². The number of rotatable bonds is 19. The van der Waals surface area contributed by atoms with Gasteiger partial charge >= 0.3 is 0 Å². The van der Waals surface area contributed by atoms with E-state index in [1.807, 2.05) is 0 Å². The number of nitrogens with zero attached hydrogens (tertiary/aromatic N) is 1. The molecule has 0 amide bonds. The minimum absolute atomic E-state index is 0.0180. The number of aliphatic hydroxyl groups excluding tert-OH is 1. The zero-order valence-corrected chi connectivity index (χ0v) is 16.0. The second-order valence-corrected chi connectivity index (χ2v) is 5.38. The predicted octanol–water partition coefficient (Wildman–Crippen LogP) is 1.05. The first kappa shape index (κ1) is 24.2. The molecule has 0 atom stereocenters. The molecule has 1 aromatic carbocycles. The molecule has 0 saturated heterocycles. The Morgan fingerprint density at radius 3 is 1.46 bits per heavy atom. The van der Waals surface area contributed by atoms with E-state index in [4.69, 9.17) is 33.5 Å². The number of non-ortho nitro benzene ring substituents is 1. The Bertz CT molecular complexity index is 498. The van der Waals surface area contributed by atoms with Crippen molar-refractivity contribution in [3.05, 3.63) is 34.4 Å². The SMILES string of the molecule is O=[N+]([O-])c1ccc(OCCOCCOCCOCCOCCOCCO)cc1. The van der Waals surface area contributed by atoms with E-state index in [0.717, 1.165) is 0 Å². The maximum absolute atomic E-state index is 10.5. The van der Waals surface area contributed by atoms with Crippen LogP contribution in [0.2, 0.25) is 0 Å². The largest absolute Gasteiger partial charge is 0.491 e. The van der Waals surface area contributed by atoms with Gasteiger partial charge in [0.1, 0.15) is 12.4 Å². The van der Waals surface area contributed by atoms with Gasteiger partial charge in [0.05, 0.1) is 77.6 Å². The maximum Gasteiger partial charge on any atom is 0.269 e. The van der Waals surface area contributed by atoms with Crippen LogP contribution in [0.15, 0.2) is 24.3 Å². The van der Waals surface area contributed by atoms with Crippen molar-refractivity contribution in [2.45, 2.75) is 0 Å². The molecule has 0 aliphatic heterocycles. The highest BCUT2D eigenvalue weighted by Gasteiger charge is 2.04. The van der Waals surface area contributed by atoms with Gasteiger partial charge < -0.3 is 33.5 Å². The van der Waals surface area contributed by atoms with E-state index >= 15 is 0 Å². The summed E-state index contributed by atoms with van der Waals surface area (Å²) in [6, 6.07) is 5.90. The van der Waals surface area contributed by atoms with Crippen molar-refractivity contribution in [3.8, 4) is 5.75 Å². The van der Waals surface area contributed by atoms with Crippen molar-refractivity contribution in [2.75, 3.05) is 79.3 Å². The number of benzene rings is 1. The second kappa shape index (κ2) is 17.3. The van der Waals surface area contributed by atoms with Crippen LogP contribution in [0.1, 0.15) is 0 Å². The number of ether oxygens (including phenoxy) is 6. The summed E-state index contributed by atoms with van der Waals surface area (Å²) in [7, 11) is 0. The Kier molecular flexibility index (Phi) is 15.0. The monoisotopic (exact) mass is 403 g/mol. The Morgan fingerprint density at radius 1 is 0.679 bits per heavy atom. The zero-order chi connectivity index (χ0) is 20.3. The normalized spacial score (nSPS) is 10.9. The topological polar surface area (TPSA) is 119 Å². The van der Waals surface area contributed by atoms with Crippen molar-refractivity contribution < 1.29 is 38.5 Å². The molecule has 0 radical (unpaired) electrons. The molecule has 10 heteroatoms. The van der Waals surface area contributed by atoms with Gasteiger partial charge in [0.25, 0.3) is 5.69 Å². The van der Waals surface area contributed by atoms with Gasteiger partial charge in [-0.1, -0.05) is 0 Å². The van der Waals surface area contributed by atoms with Crippen LogP contribution in [-0.4, -0.2) is 89.3 Å². The van der Waals surface area contributed by atoms with Crippen LogP contribution in [0.25, 0.3) is 0 Å². The van der Waals surface area contributed by atoms with Crippen molar-refractivity contribution in [1.82, 2.24) is 0 Å². The lowest BCUT2D eigenvalue weighted by molar-refractivity contribution is -0.384. The van der Waals surface area contributed by atoms with E-state index in [2.05, 4.69) is 0 Å². The molecule has 1 rings (SSSR count). The first-order chi connectivity index (χ1) is 13.7. The Morgan fingerprint density at radius 2 is 1.07 bits per heavy atom. The summed E-state index contributed by atoms with van der Waals surface area (Å²) in [5, 5.41) is 19.1. The number of nitro groups is 1. The minimum atomic E-state index is -0.455. The highest BCUT2D eigenvalue weighted by Crippen LogP contribution is 2.16. The summed E-state index contributed by atoms with van der Waals surface area (Å²) < 4.78 is 31.8. The van der Waals surface area contributed by atoms with Crippen LogP contribution in [-0.2, 0) is 23.7 Å². The molecule has 0 bridgehead atoms. The van der Waals surface area contributed by atoms with Gasteiger partial charge in [0, 0.05) is 12.1 Å². The van der Waals surface area contributed by atoms with E-state index in [0.29, 0.717) is 78.4 Å². The standard InChI is InChI=1S/C18H29NO9/c20-5-6-23-7-8-24-9-10-25-11-12-26-13-14-27-15-16-28-18-3-1-17(2-4-18)19(21)22/h1-4,20H,5-16H2. The summed E-state index contributed by atoms with van der Waals surface area (Å²) in [6.45, 7) is 4.87. The molecule has 1 aromatic rings. The fourth-order valence-electron chi connectivity index (χ4n) is 1.93. The molecule has 0 unspecified atom stereocenters. The highest BCUT2D eigenvalue weighted by molar-refractivity contribution is 5.35. The van der Waals surface area contributed by atoms with Crippen molar-refractivity contribution in [1.29, 1.82) is 0 Å². The molecule has 0 heterocycles. The van der Waals surface area contributed by atoms with Crippen molar-refractivity contribution in [2.24, 2.45) is 0 Å². The second-order valence-electron chi connectivity index (χ2n) is 5.38. The van der Waals surface area contributed by atoms with Gasteiger partial charge in [-0.25, -0.2) is 0 Å². The minimum Gasteiger partial charge on any atom is -0.491 e. The van der Waals surface area contributed by atoms with Gasteiger partial charge in [-0.2, -0.15) is 0 Å². The first-order valence-electron chi connectivity index (χ1n) is 9.11. The molecule has 1 N–H and O–H groups in total. The summed E-state index contributed by atoms with van der Waals surface area (Å²) in [5.74, 6) is 0.560. The van der Waals surface area contributed by atoms with Gasteiger partial charge in [-0.05, 0) is 12.1 Å². The fourth-order valence-corrected chi connectivity index (χ4v) is 1.93. The molecule has 0 aliphatic rings. The smallest absolute Gasteiger partial charge is 0.269 e. The molecule has 0 spiro atoms. The van der Waals surface area contributed by atoms with Gasteiger partial charge in [-0.15, -0.1) is 0 Å². The Labute approximate surface area is 164 Å². The Hall–Kier alpha value is -1.82. The Balaban J connectivity index is 1.79. The lowest BCUT2D eigenvalue weighted by Gasteiger charge is -2.08. The lowest BCUT2D eigenvalue weighted by Crippen LogP contribution is -2.14. The molecule has 0 aromatic heterocycles. The van der Waals surface area contributed by atoms with Gasteiger partial charge in [0.2, 0.25) is 0 Å². The van der Waals surface area contributed by atoms with Crippen LogP contribution in [0.3, 0.4) is 0 Å². The van der Waals surface area contributed by atoms with Crippen LogP contribution in [0.4, 0.5) is 5.69 Å². The molecular formula is C18H29NO9. The third-order valence-electron chi connectivity index (χ3n) is 3.27. The van der Waals surface area contributed by atoms with E-state index in [1.54, 1.807) is 12.1 Å². The van der Waals surface area contributed by atoms with Crippen LogP contribution in [0.5, 0.6) is 5.75 Å². The van der Waals surface area contributed by atoms with Crippen molar-refractivity contribution in [3.63, 3.8) is 0 Å². The molecule has 0 saturated carbocycles. The number of hydrogen-bond acceptors (Lipinski definition) is 9. The molecular weight excluding hydrogens is 374 g/mol. The highest BCUT2D eigenvalue weighted by atomic mass is 16.6. The average molecular weight is 403 g/mol. The fraction of sp³-hybridized carbons (Fsp3) is 0.667. The molecule has 10 nitrogen and oxygen atoms in total. The first-order valence-corrected chi connectivity index (χ1v) is 9.11. The van der Waals surface area contributed by atoms with Crippen LogP contribution >= 0.6 is 0 Å². The number of aliphatic hydroxyl groups is 1. The molecule has 0 aliphatic carbocycles. The number of nitro benzene ring substituents is 1. The number of hydrogen-bond donors (Lipinski definition) is 1. The summed E-state index contributed by atoms with van der Waals surface area (Å²) in [6.07, 6.45) is 0. The third kappa shape index (κ3) is 13.4. The summed E-state index contributed by atoms with van der Waals surface area (Å²) in [5.41, 5.74) is 0.0288. The molecule has 28 heavy (non-hydrogen) atoms. The van der Waals surface area contributed by atoms with Crippen LogP contribution < -0.4 is 4.74 Å². The lowest BCUT2D eigenvalue weighted by atomic mass is 10.3. The van der Waals surface area contributed by atoms with Gasteiger partial charge in [-0.3, -0.25) is 10.1 Å². The van der Waals surface area contributed by atoms with Crippen molar-refractivity contribution >= 4 is 5.69 Å². The summed E-state index contributed by atoms with van der Waals surface area (Å²) in [4.78, 5) is 10.1. The molecule has 0 fully saturated rings.